The second-order valence-electron chi connectivity index (χ2n) is 7.51. The molecule has 7 heteroatoms. The molecule has 2 aliphatic heterocycles. The molecule has 1 saturated heterocycles. The lowest BCUT2D eigenvalue weighted by molar-refractivity contribution is -0.136. The number of amides is 1. The van der Waals surface area contributed by atoms with Gasteiger partial charge in [0.05, 0.1) is 22.3 Å². The first-order chi connectivity index (χ1) is 13.0. The zero-order chi connectivity index (χ0) is 19.1. The van der Waals surface area contributed by atoms with Crippen molar-refractivity contribution in [3.8, 4) is 0 Å². The number of benzene rings is 1. The molecule has 0 bridgehead atoms. The summed E-state index contributed by atoms with van der Waals surface area (Å²) in [6.45, 7) is 5.72. The lowest BCUT2D eigenvalue weighted by Crippen LogP contribution is -2.47. The second kappa shape index (κ2) is 7.28. The first-order valence-corrected chi connectivity index (χ1v) is 10.0. The van der Waals surface area contributed by atoms with Crippen molar-refractivity contribution in [3.63, 3.8) is 0 Å². The topological polar surface area (TPSA) is 50.5 Å². The molecule has 142 valence electrons. The third-order valence-corrected chi connectivity index (χ3v) is 6.23. The van der Waals surface area contributed by atoms with Crippen molar-refractivity contribution in [1.82, 2.24) is 14.7 Å². The van der Waals surface area contributed by atoms with Gasteiger partial charge in [-0.15, -0.1) is 0 Å². The Balaban J connectivity index is 1.77. The van der Waals surface area contributed by atoms with Crippen LogP contribution in [-0.2, 0) is 4.79 Å². The highest BCUT2D eigenvalue weighted by molar-refractivity contribution is 6.42. The summed E-state index contributed by atoms with van der Waals surface area (Å²) in [6, 6.07) is 7.10. The quantitative estimate of drug-likeness (QED) is 0.724. The van der Waals surface area contributed by atoms with Gasteiger partial charge in [-0.1, -0.05) is 36.2 Å². The van der Waals surface area contributed by atoms with Crippen LogP contribution in [0.4, 0.5) is 5.82 Å². The van der Waals surface area contributed by atoms with Crippen LogP contribution in [0.3, 0.4) is 0 Å². The first-order valence-electron chi connectivity index (χ1n) is 9.28. The molecule has 0 radical (unpaired) electrons. The van der Waals surface area contributed by atoms with Crippen LogP contribution in [0.1, 0.15) is 38.3 Å². The largest absolute Gasteiger partial charge is 0.342 e. The molecule has 27 heavy (non-hydrogen) atoms. The number of halogens is 2. The number of hydrogen-bond acceptors (Lipinski definition) is 3. The van der Waals surface area contributed by atoms with E-state index in [9.17, 15) is 4.79 Å². The number of carbonyl (C=O) groups excluding carboxylic acids is 1. The standard InChI is InChI=1S/C20H22Cl2N4O/c1-12-4-3-9-25(11-12)20(27)18-13(2)24-17-7-8-23-26(17)19(18)14-5-6-15(21)16(22)10-14/h5-8,10,12,18-19H,3-4,9,11H2,1-2H3. The number of aliphatic imine (C=N–C) groups is 1. The Hall–Kier alpha value is -1.85. The average Bonchev–Trinajstić information content (AvgIpc) is 3.10. The molecule has 2 aromatic rings. The van der Waals surface area contributed by atoms with Gasteiger partial charge in [-0.2, -0.15) is 5.10 Å². The van der Waals surface area contributed by atoms with E-state index in [4.69, 9.17) is 23.2 Å². The third kappa shape index (κ3) is 3.39. The average molecular weight is 405 g/mol. The van der Waals surface area contributed by atoms with Crippen LogP contribution in [-0.4, -0.2) is 39.4 Å². The van der Waals surface area contributed by atoms with Gasteiger partial charge >= 0.3 is 0 Å². The number of rotatable bonds is 2. The van der Waals surface area contributed by atoms with E-state index >= 15 is 0 Å². The second-order valence-corrected chi connectivity index (χ2v) is 8.33. The normalized spacial score (nSPS) is 25.1. The van der Waals surface area contributed by atoms with Gasteiger partial charge in [0.2, 0.25) is 5.91 Å². The van der Waals surface area contributed by atoms with Gasteiger partial charge < -0.3 is 4.90 Å². The van der Waals surface area contributed by atoms with E-state index < -0.39 is 5.92 Å². The van der Waals surface area contributed by atoms with E-state index in [1.165, 1.54) is 6.42 Å². The van der Waals surface area contributed by atoms with Crippen molar-refractivity contribution < 1.29 is 4.79 Å². The van der Waals surface area contributed by atoms with E-state index in [-0.39, 0.29) is 11.9 Å². The van der Waals surface area contributed by atoms with Crippen LogP contribution < -0.4 is 0 Å². The maximum absolute atomic E-state index is 13.5. The number of likely N-dealkylation sites (tertiary alicyclic amines) is 1. The molecule has 5 nitrogen and oxygen atoms in total. The molecule has 1 aromatic heterocycles. The summed E-state index contributed by atoms with van der Waals surface area (Å²) in [4.78, 5) is 20.2. The van der Waals surface area contributed by atoms with Crippen molar-refractivity contribution in [2.75, 3.05) is 13.1 Å². The van der Waals surface area contributed by atoms with Gasteiger partial charge in [-0.05, 0) is 43.4 Å². The van der Waals surface area contributed by atoms with E-state index in [0.717, 1.165) is 36.6 Å². The van der Waals surface area contributed by atoms with Gasteiger partial charge in [0.1, 0.15) is 5.92 Å². The number of nitrogens with zero attached hydrogens (tertiary/aromatic N) is 4. The van der Waals surface area contributed by atoms with E-state index in [1.54, 1.807) is 12.3 Å². The van der Waals surface area contributed by atoms with Crippen molar-refractivity contribution in [1.29, 1.82) is 0 Å². The molecular formula is C20H22Cl2N4O. The molecule has 4 rings (SSSR count). The Bertz CT molecular complexity index is 907. The number of hydrogen-bond donors (Lipinski definition) is 0. The fraction of sp³-hybridized carbons (Fsp3) is 0.450. The summed E-state index contributed by atoms with van der Waals surface area (Å²) >= 11 is 12.4. The minimum absolute atomic E-state index is 0.111. The fourth-order valence-corrected chi connectivity index (χ4v) is 4.47. The Morgan fingerprint density at radius 3 is 2.78 bits per heavy atom. The molecule has 1 aromatic carbocycles. The fourth-order valence-electron chi connectivity index (χ4n) is 4.16. The van der Waals surface area contributed by atoms with Crippen LogP contribution in [0.2, 0.25) is 10.0 Å². The number of aromatic nitrogens is 2. The predicted octanol–water partition coefficient (Wildman–Crippen LogP) is 4.76. The molecule has 3 atom stereocenters. The van der Waals surface area contributed by atoms with Crippen molar-refractivity contribution in [2.24, 2.45) is 16.8 Å². The Morgan fingerprint density at radius 2 is 2.04 bits per heavy atom. The van der Waals surface area contributed by atoms with E-state index in [2.05, 4.69) is 17.0 Å². The molecule has 0 N–H and O–H groups in total. The zero-order valence-electron chi connectivity index (χ0n) is 15.4. The van der Waals surface area contributed by atoms with Gasteiger partial charge in [-0.3, -0.25) is 4.79 Å². The van der Waals surface area contributed by atoms with Gasteiger partial charge in [-0.25, -0.2) is 9.67 Å². The number of piperidine rings is 1. The van der Waals surface area contributed by atoms with Crippen LogP contribution >= 0.6 is 23.2 Å². The summed E-state index contributed by atoms with van der Waals surface area (Å²) in [5.74, 6) is 0.979. The summed E-state index contributed by atoms with van der Waals surface area (Å²) in [7, 11) is 0. The highest BCUT2D eigenvalue weighted by Gasteiger charge is 2.40. The Morgan fingerprint density at radius 1 is 1.22 bits per heavy atom. The molecular weight excluding hydrogens is 383 g/mol. The molecule has 2 aliphatic rings. The summed E-state index contributed by atoms with van der Waals surface area (Å²) in [6.07, 6.45) is 3.92. The van der Waals surface area contributed by atoms with Crippen LogP contribution in [0.15, 0.2) is 35.5 Å². The SMILES string of the molecule is CC1=Nc2ccnn2C(c2ccc(Cl)c(Cl)c2)C1C(=O)N1CCCC(C)C1. The Kier molecular flexibility index (Phi) is 4.99. The third-order valence-electron chi connectivity index (χ3n) is 5.49. The minimum atomic E-state index is -0.403. The van der Waals surface area contributed by atoms with E-state index in [0.29, 0.717) is 16.0 Å². The molecule has 0 spiro atoms. The zero-order valence-corrected chi connectivity index (χ0v) is 16.9. The predicted molar refractivity (Wildman–Crippen MR) is 108 cm³/mol. The van der Waals surface area contributed by atoms with Gasteiger partial charge in [0.15, 0.2) is 5.82 Å². The van der Waals surface area contributed by atoms with Crippen molar-refractivity contribution >= 4 is 40.6 Å². The molecule has 0 aliphatic carbocycles. The minimum Gasteiger partial charge on any atom is -0.342 e. The first kappa shape index (κ1) is 18.5. The molecule has 3 heterocycles. The highest BCUT2D eigenvalue weighted by Crippen LogP contribution is 2.39. The van der Waals surface area contributed by atoms with Crippen LogP contribution in [0.5, 0.6) is 0 Å². The number of fused-ring (bicyclic) bond motifs is 1. The smallest absolute Gasteiger partial charge is 0.233 e. The maximum Gasteiger partial charge on any atom is 0.233 e. The lowest BCUT2D eigenvalue weighted by atomic mass is 9.86. The summed E-state index contributed by atoms with van der Waals surface area (Å²) in [5.41, 5.74) is 1.72. The highest BCUT2D eigenvalue weighted by atomic mass is 35.5. The molecule has 3 unspecified atom stereocenters. The number of carbonyl (C=O) groups is 1. The molecule has 1 amide bonds. The summed E-state index contributed by atoms with van der Waals surface area (Å²) in [5, 5.41) is 5.43. The maximum atomic E-state index is 13.5. The van der Waals surface area contributed by atoms with Crippen LogP contribution in [0.25, 0.3) is 0 Å². The van der Waals surface area contributed by atoms with Crippen LogP contribution in [0, 0.1) is 11.8 Å². The van der Waals surface area contributed by atoms with Gasteiger partial charge in [0, 0.05) is 24.9 Å². The van der Waals surface area contributed by atoms with Crippen molar-refractivity contribution in [3.05, 3.63) is 46.1 Å². The Labute approximate surface area is 169 Å². The molecule has 0 saturated carbocycles. The molecule has 1 fully saturated rings. The van der Waals surface area contributed by atoms with Crippen molar-refractivity contribution in [2.45, 2.75) is 32.7 Å². The summed E-state index contributed by atoms with van der Waals surface area (Å²) < 4.78 is 1.82. The lowest BCUT2D eigenvalue weighted by Gasteiger charge is -2.38. The monoisotopic (exact) mass is 404 g/mol. The van der Waals surface area contributed by atoms with E-state index in [1.807, 2.05) is 34.7 Å². The van der Waals surface area contributed by atoms with Gasteiger partial charge in [0.25, 0.3) is 0 Å².